The Morgan fingerprint density at radius 2 is 2.06 bits per heavy atom. The Morgan fingerprint density at radius 1 is 1.44 bits per heavy atom. The second-order valence-corrected chi connectivity index (χ2v) is 4.85. The van der Waals surface area contributed by atoms with E-state index in [1.165, 1.54) is 0 Å². The molecule has 16 heavy (non-hydrogen) atoms. The molecular formula is C13H19ClO2. The molecule has 1 unspecified atom stereocenters. The molecular weight excluding hydrogens is 224 g/mol. The molecule has 0 radical (unpaired) electrons. The van der Waals surface area contributed by atoms with Gasteiger partial charge in [-0.25, -0.2) is 0 Å². The van der Waals surface area contributed by atoms with Gasteiger partial charge in [-0.1, -0.05) is 23.7 Å². The van der Waals surface area contributed by atoms with Gasteiger partial charge >= 0.3 is 0 Å². The molecule has 0 saturated carbocycles. The van der Waals surface area contributed by atoms with Crippen LogP contribution < -0.4 is 0 Å². The van der Waals surface area contributed by atoms with Crippen molar-refractivity contribution >= 4 is 11.6 Å². The zero-order chi connectivity index (χ0) is 12.3. The monoisotopic (exact) mass is 242 g/mol. The van der Waals surface area contributed by atoms with Crippen LogP contribution in [0.15, 0.2) is 18.2 Å². The third-order valence-electron chi connectivity index (χ3n) is 2.69. The van der Waals surface area contributed by atoms with Gasteiger partial charge in [-0.2, -0.15) is 0 Å². The van der Waals surface area contributed by atoms with Gasteiger partial charge in [0.05, 0.1) is 5.60 Å². The fraction of sp³-hybridized carbons (Fsp3) is 0.538. The summed E-state index contributed by atoms with van der Waals surface area (Å²) in [6.45, 7) is 8.16. The van der Waals surface area contributed by atoms with Crippen molar-refractivity contribution in [3.05, 3.63) is 34.3 Å². The minimum atomic E-state index is -0.675. The van der Waals surface area contributed by atoms with Crippen LogP contribution in [0, 0.1) is 6.92 Å². The Hall–Kier alpha value is -0.570. The molecule has 1 aromatic rings. The van der Waals surface area contributed by atoms with Crippen molar-refractivity contribution in [3.63, 3.8) is 0 Å². The maximum Gasteiger partial charge on any atom is 0.107 e. The van der Waals surface area contributed by atoms with E-state index in [9.17, 15) is 5.11 Å². The highest BCUT2D eigenvalue weighted by molar-refractivity contribution is 6.31. The summed E-state index contributed by atoms with van der Waals surface area (Å²) in [7, 11) is 0. The normalized spacial score (nSPS) is 13.9. The predicted octanol–water partition coefficient (Wildman–Crippen LogP) is 3.50. The highest BCUT2D eigenvalue weighted by Crippen LogP contribution is 2.30. The number of hydrogen-bond donors (Lipinski definition) is 1. The van der Waals surface area contributed by atoms with Gasteiger partial charge in [0.25, 0.3) is 0 Å². The number of ether oxygens (including phenoxy) is 1. The molecule has 1 N–H and O–H groups in total. The maximum absolute atomic E-state index is 10.2. The molecule has 1 rings (SSSR count). The maximum atomic E-state index is 10.2. The zero-order valence-electron chi connectivity index (χ0n) is 10.2. The molecule has 0 saturated heterocycles. The van der Waals surface area contributed by atoms with E-state index >= 15 is 0 Å². The molecule has 0 heterocycles. The Labute approximate surface area is 102 Å². The first-order valence-electron chi connectivity index (χ1n) is 5.46. The van der Waals surface area contributed by atoms with Gasteiger partial charge < -0.3 is 9.84 Å². The molecule has 3 heteroatoms. The quantitative estimate of drug-likeness (QED) is 0.876. The van der Waals surface area contributed by atoms with Crippen LogP contribution in [0.25, 0.3) is 0 Å². The third kappa shape index (κ3) is 2.97. The molecule has 0 spiro atoms. The van der Waals surface area contributed by atoms with Gasteiger partial charge in [0, 0.05) is 11.6 Å². The SMILES string of the molecule is CCOC(C)(C)C(O)c1ccc(C)c(Cl)c1. The van der Waals surface area contributed by atoms with Crippen molar-refractivity contribution in [1.29, 1.82) is 0 Å². The number of aliphatic hydroxyl groups excluding tert-OH is 1. The van der Waals surface area contributed by atoms with E-state index in [-0.39, 0.29) is 0 Å². The number of aryl methyl sites for hydroxylation is 1. The molecule has 0 bridgehead atoms. The van der Waals surface area contributed by atoms with Crippen LogP contribution >= 0.6 is 11.6 Å². The number of benzene rings is 1. The molecule has 1 atom stereocenters. The molecule has 0 aliphatic carbocycles. The number of halogens is 1. The van der Waals surface area contributed by atoms with E-state index < -0.39 is 11.7 Å². The van der Waals surface area contributed by atoms with Crippen LogP contribution in [0.2, 0.25) is 5.02 Å². The number of hydrogen-bond acceptors (Lipinski definition) is 2. The average molecular weight is 243 g/mol. The number of rotatable bonds is 4. The summed E-state index contributed by atoms with van der Waals surface area (Å²) in [5, 5.41) is 10.9. The molecule has 1 aromatic carbocycles. The largest absolute Gasteiger partial charge is 0.385 e. The molecule has 0 amide bonds. The first-order chi connectivity index (χ1) is 7.38. The average Bonchev–Trinajstić information content (AvgIpc) is 2.21. The lowest BCUT2D eigenvalue weighted by atomic mass is 9.94. The first kappa shape index (κ1) is 13.5. The Kier molecular flexibility index (Phi) is 4.36. The second-order valence-electron chi connectivity index (χ2n) is 4.45. The van der Waals surface area contributed by atoms with E-state index in [4.69, 9.17) is 16.3 Å². The summed E-state index contributed by atoms with van der Waals surface area (Å²) in [6.07, 6.45) is -0.675. The van der Waals surface area contributed by atoms with Crippen molar-refractivity contribution in [3.8, 4) is 0 Å². The first-order valence-corrected chi connectivity index (χ1v) is 5.84. The van der Waals surface area contributed by atoms with Crippen LogP contribution in [-0.4, -0.2) is 17.3 Å². The second kappa shape index (κ2) is 5.17. The lowest BCUT2D eigenvalue weighted by Gasteiger charge is -2.30. The summed E-state index contributed by atoms with van der Waals surface area (Å²) in [5.74, 6) is 0. The minimum Gasteiger partial charge on any atom is -0.385 e. The highest BCUT2D eigenvalue weighted by Gasteiger charge is 2.29. The van der Waals surface area contributed by atoms with Crippen LogP contribution in [0.4, 0.5) is 0 Å². The van der Waals surface area contributed by atoms with Gasteiger partial charge in [-0.15, -0.1) is 0 Å². The zero-order valence-corrected chi connectivity index (χ0v) is 11.0. The van der Waals surface area contributed by atoms with Gasteiger partial charge in [-0.05, 0) is 44.9 Å². The van der Waals surface area contributed by atoms with Gasteiger partial charge in [0.1, 0.15) is 6.10 Å². The lowest BCUT2D eigenvalue weighted by molar-refractivity contribution is -0.0983. The van der Waals surface area contributed by atoms with Crippen LogP contribution in [0.3, 0.4) is 0 Å². The van der Waals surface area contributed by atoms with Crippen LogP contribution in [0.1, 0.15) is 38.0 Å². The van der Waals surface area contributed by atoms with Crippen molar-refractivity contribution in [2.45, 2.75) is 39.4 Å². The van der Waals surface area contributed by atoms with Crippen molar-refractivity contribution in [1.82, 2.24) is 0 Å². The topological polar surface area (TPSA) is 29.5 Å². The van der Waals surface area contributed by atoms with Crippen molar-refractivity contribution in [2.75, 3.05) is 6.61 Å². The van der Waals surface area contributed by atoms with Gasteiger partial charge in [-0.3, -0.25) is 0 Å². The van der Waals surface area contributed by atoms with Crippen molar-refractivity contribution < 1.29 is 9.84 Å². The Morgan fingerprint density at radius 3 is 2.56 bits per heavy atom. The molecule has 0 fully saturated rings. The molecule has 0 aliphatic heterocycles. The van der Waals surface area contributed by atoms with E-state index in [2.05, 4.69) is 0 Å². The molecule has 0 aromatic heterocycles. The van der Waals surface area contributed by atoms with E-state index in [0.29, 0.717) is 11.6 Å². The van der Waals surface area contributed by atoms with Crippen LogP contribution in [-0.2, 0) is 4.74 Å². The smallest absolute Gasteiger partial charge is 0.107 e. The van der Waals surface area contributed by atoms with E-state index in [0.717, 1.165) is 11.1 Å². The summed E-state index contributed by atoms with van der Waals surface area (Å²) >= 11 is 6.03. The summed E-state index contributed by atoms with van der Waals surface area (Å²) < 4.78 is 5.52. The van der Waals surface area contributed by atoms with E-state index in [1.54, 1.807) is 6.07 Å². The van der Waals surface area contributed by atoms with E-state index in [1.807, 2.05) is 39.8 Å². The molecule has 2 nitrogen and oxygen atoms in total. The fourth-order valence-electron chi connectivity index (χ4n) is 1.63. The summed E-state index contributed by atoms with van der Waals surface area (Å²) in [5.41, 5.74) is 1.19. The molecule has 90 valence electrons. The molecule has 0 aliphatic rings. The highest BCUT2D eigenvalue weighted by atomic mass is 35.5. The standard InChI is InChI=1S/C13H19ClO2/c1-5-16-13(3,4)12(15)10-7-6-9(2)11(14)8-10/h6-8,12,15H,5H2,1-4H3. The minimum absolute atomic E-state index is 0.573. The van der Waals surface area contributed by atoms with Crippen LogP contribution in [0.5, 0.6) is 0 Å². The van der Waals surface area contributed by atoms with Gasteiger partial charge in [0.2, 0.25) is 0 Å². The summed E-state index contributed by atoms with van der Waals surface area (Å²) in [4.78, 5) is 0. The fourth-order valence-corrected chi connectivity index (χ4v) is 1.82. The number of aliphatic hydroxyl groups is 1. The van der Waals surface area contributed by atoms with Gasteiger partial charge in [0.15, 0.2) is 0 Å². The lowest BCUT2D eigenvalue weighted by Crippen LogP contribution is -2.32. The Bertz CT molecular complexity index is 361. The summed E-state index contributed by atoms with van der Waals surface area (Å²) in [6, 6.07) is 5.58. The third-order valence-corrected chi connectivity index (χ3v) is 3.09. The Balaban J connectivity index is 2.95. The predicted molar refractivity (Wildman–Crippen MR) is 66.9 cm³/mol. The van der Waals surface area contributed by atoms with Crippen molar-refractivity contribution in [2.24, 2.45) is 0 Å².